The van der Waals surface area contributed by atoms with Crippen LogP contribution in [0.25, 0.3) is 0 Å². The molecule has 1 aromatic heterocycles. The summed E-state index contributed by atoms with van der Waals surface area (Å²) in [4.78, 5) is 55.6. The molecule has 3 rings (SSSR count). The standard InChI is InChI=1S/C24H32N6O5S/c1-11(2)19-23(35)28-12(3)21(33)27-13(4)22(34)29-17(20(25)32)8-14-5-6-18(31)15(7-14)9-16-10-26-24(30-19)36-16/h5-7,10-13,17,19,31H,8-9H2,1-4H3,(H2,25,32)(H,26,30)(H,27,33)(H,28,35)(H,29,34)/t12-,13-,17-,19-/m0/s1. The molecule has 2 heterocycles. The third-order valence-electron chi connectivity index (χ3n) is 5.89. The molecule has 0 fully saturated rings. The molecule has 0 aliphatic carbocycles. The first-order valence-electron chi connectivity index (χ1n) is 11.7. The molecule has 36 heavy (non-hydrogen) atoms. The van der Waals surface area contributed by atoms with Crippen LogP contribution < -0.4 is 27.0 Å². The Bertz CT molecular complexity index is 1150. The number of phenols is 1. The van der Waals surface area contributed by atoms with Crippen molar-refractivity contribution >= 4 is 40.1 Å². The van der Waals surface area contributed by atoms with Gasteiger partial charge in [-0.1, -0.05) is 26.0 Å². The molecule has 1 aliphatic heterocycles. The number of nitrogens with zero attached hydrogens (tertiary/aromatic N) is 1. The lowest BCUT2D eigenvalue weighted by Gasteiger charge is -2.24. The van der Waals surface area contributed by atoms with Crippen LogP contribution in [0.2, 0.25) is 0 Å². The van der Waals surface area contributed by atoms with Crippen molar-refractivity contribution < 1.29 is 24.3 Å². The van der Waals surface area contributed by atoms with E-state index in [9.17, 15) is 24.3 Å². The van der Waals surface area contributed by atoms with Crippen molar-refractivity contribution in [1.29, 1.82) is 0 Å². The van der Waals surface area contributed by atoms with E-state index in [4.69, 9.17) is 5.73 Å². The van der Waals surface area contributed by atoms with Crippen LogP contribution in [-0.4, -0.2) is 57.9 Å². The molecule has 4 atom stereocenters. The zero-order valence-electron chi connectivity index (χ0n) is 20.6. The molecule has 0 spiro atoms. The molecule has 0 unspecified atom stereocenters. The summed E-state index contributed by atoms with van der Waals surface area (Å²) in [5.41, 5.74) is 6.83. The third-order valence-corrected chi connectivity index (χ3v) is 6.82. The molecule has 0 saturated carbocycles. The van der Waals surface area contributed by atoms with Gasteiger partial charge in [-0.25, -0.2) is 4.98 Å². The number of benzene rings is 1. The summed E-state index contributed by atoms with van der Waals surface area (Å²) < 4.78 is 0. The number of thiazole rings is 1. The number of hydrogen-bond donors (Lipinski definition) is 6. The first-order chi connectivity index (χ1) is 16.9. The van der Waals surface area contributed by atoms with Gasteiger partial charge in [0.15, 0.2) is 5.13 Å². The van der Waals surface area contributed by atoms with E-state index in [0.29, 0.717) is 22.7 Å². The Hall–Kier alpha value is -3.67. The number of anilines is 1. The Morgan fingerprint density at radius 3 is 2.33 bits per heavy atom. The molecular weight excluding hydrogens is 484 g/mol. The summed E-state index contributed by atoms with van der Waals surface area (Å²) in [6.07, 6.45) is 2.14. The quantitative estimate of drug-likeness (QED) is 0.335. The summed E-state index contributed by atoms with van der Waals surface area (Å²) in [6, 6.07) is 1.34. The number of amides is 4. The number of nitrogens with one attached hydrogen (secondary N) is 4. The molecule has 0 saturated heterocycles. The summed E-state index contributed by atoms with van der Waals surface area (Å²) in [5, 5.41) is 21.9. The normalized spacial score (nSPS) is 23.9. The van der Waals surface area contributed by atoms with Crippen LogP contribution in [0, 0.1) is 5.92 Å². The van der Waals surface area contributed by atoms with E-state index in [-0.39, 0.29) is 18.1 Å². The second kappa shape index (κ2) is 11.4. The molecule has 12 heteroatoms. The van der Waals surface area contributed by atoms with Crippen LogP contribution in [0.4, 0.5) is 5.13 Å². The average molecular weight is 517 g/mol. The Morgan fingerprint density at radius 2 is 1.69 bits per heavy atom. The van der Waals surface area contributed by atoms with Crippen LogP contribution in [0.1, 0.15) is 43.7 Å². The lowest BCUT2D eigenvalue weighted by Crippen LogP contribution is -2.56. The number of primary amides is 1. The largest absolute Gasteiger partial charge is 0.508 e. The highest BCUT2D eigenvalue weighted by atomic mass is 32.1. The van der Waals surface area contributed by atoms with Gasteiger partial charge in [-0.2, -0.15) is 0 Å². The van der Waals surface area contributed by atoms with Crippen molar-refractivity contribution in [3.63, 3.8) is 0 Å². The van der Waals surface area contributed by atoms with Crippen molar-refractivity contribution in [1.82, 2.24) is 20.9 Å². The van der Waals surface area contributed by atoms with E-state index < -0.39 is 47.8 Å². The molecule has 11 nitrogen and oxygen atoms in total. The second-order valence-corrected chi connectivity index (χ2v) is 10.4. The lowest BCUT2D eigenvalue weighted by molar-refractivity contribution is -0.133. The molecule has 2 aromatic rings. The summed E-state index contributed by atoms with van der Waals surface area (Å²) in [5.74, 6) is -2.31. The predicted octanol–water partition coefficient (Wildman–Crippen LogP) is 0.412. The Labute approximate surface area is 213 Å². The van der Waals surface area contributed by atoms with Crippen LogP contribution >= 0.6 is 11.3 Å². The van der Waals surface area contributed by atoms with E-state index in [0.717, 1.165) is 4.88 Å². The number of aromatic hydroxyl groups is 1. The van der Waals surface area contributed by atoms with Gasteiger partial charge < -0.3 is 32.1 Å². The number of hydrogen-bond acceptors (Lipinski definition) is 8. The predicted molar refractivity (Wildman–Crippen MR) is 135 cm³/mol. The van der Waals surface area contributed by atoms with Crippen LogP contribution in [0.15, 0.2) is 24.4 Å². The number of carbonyl (C=O) groups is 4. The number of carbonyl (C=O) groups excluding carboxylic acids is 4. The molecule has 194 valence electrons. The summed E-state index contributed by atoms with van der Waals surface area (Å²) in [6.45, 7) is 6.73. The molecular formula is C24H32N6O5S. The van der Waals surface area contributed by atoms with Gasteiger partial charge in [-0.15, -0.1) is 11.3 Å². The van der Waals surface area contributed by atoms with Gasteiger partial charge in [-0.3, -0.25) is 19.2 Å². The lowest BCUT2D eigenvalue weighted by atomic mass is 10.0. The van der Waals surface area contributed by atoms with E-state index in [1.54, 1.807) is 18.3 Å². The molecule has 1 aliphatic rings. The van der Waals surface area contributed by atoms with Crippen molar-refractivity contribution in [2.75, 3.05) is 5.32 Å². The summed E-state index contributed by atoms with van der Waals surface area (Å²) >= 11 is 1.35. The average Bonchev–Trinajstić information content (AvgIpc) is 3.24. The SMILES string of the molecule is CC(C)[C@@H]1Nc2ncc(s2)Cc2cc(ccc2O)C[C@@H](C(N)=O)NC(=O)[C@H](C)NC(=O)[C@H](C)NC1=O. The Kier molecular flexibility index (Phi) is 8.51. The highest BCUT2D eigenvalue weighted by molar-refractivity contribution is 7.15. The monoisotopic (exact) mass is 516 g/mol. The molecule has 1 aromatic carbocycles. The number of phenolic OH excluding ortho intramolecular Hbond substituents is 1. The van der Waals surface area contributed by atoms with Gasteiger partial charge >= 0.3 is 0 Å². The minimum atomic E-state index is -1.03. The number of aromatic nitrogens is 1. The van der Waals surface area contributed by atoms with E-state index >= 15 is 0 Å². The Morgan fingerprint density at radius 1 is 1.06 bits per heavy atom. The minimum Gasteiger partial charge on any atom is -0.508 e. The van der Waals surface area contributed by atoms with Gasteiger partial charge in [0.2, 0.25) is 23.6 Å². The molecule has 4 bridgehead atoms. The number of nitrogens with two attached hydrogens (primary N) is 1. The number of rotatable bonds is 2. The zero-order valence-corrected chi connectivity index (χ0v) is 21.4. The molecule has 7 N–H and O–H groups in total. The second-order valence-electron chi connectivity index (χ2n) is 9.27. The van der Waals surface area contributed by atoms with Gasteiger partial charge in [0.25, 0.3) is 0 Å². The third kappa shape index (κ3) is 6.72. The van der Waals surface area contributed by atoms with E-state index in [2.05, 4.69) is 26.3 Å². The van der Waals surface area contributed by atoms with Gasteiger partial charge in [-0.05, 0) is 37.0 Å². The first-order valence-corrected chi connectivity index (χ1v) is 12.5. The smallest absolute Gasteiger partial charge is 0.243 e. The van der Waals surface area contributed by atoms with Crippen molar-refractivity contribution in [2.45, 2.75) is 64.7 Å². The zero-order chi connectivity index (χ0) is 26.6. The number of fused-ring (bicyclic) bond motifs is 4. The van der Waals surface area contributed by atoms with E-state index in [1.807, 2.05) is 13.8 Å². The fourth-order valence-corrected chi connectivity index (χ4v) is 4.62. The van der Waals surface area contributed by atoms with E-state index in [1.165, 1.54) is 31.3 Å². The maximum Gasteiger partial charge on any atom is 0.243 e. The molecule has 4 amide bonds. The highest BCUT2D eigenvalue weighted by Crippen LogP contribution is 2.27. The fraction of sp³-hybridized carbons (Fsp3) is 0.458. The maximum atomic E-state index is 13.0. The maximum absolute atomic E-state index is 13.0. The fourth-order valence-electron chi connectivity index (χ4n) is 3.75. The topological polar surface area (TPSA) is 176 Å². The van der Waals surface area contributed by atoms with Crippen LogP contribution in [-0.2, 0) is 32.0 Å². The van der Waals surface area contributed by atoms with Crippen molar-refractivity contribution in [2.24, 2.45) is 11.7 Å². The van der Waals surface area contributed by atoms with Crippen LogP contribution in [0.3, 0.4) is 0 Å². The van der Waals surface area contributed by atoms with Crippen molar-refractivity contribution in [3.8, 4) is 5.75 Å². The first kappa shape index (κ1) is 26.9. The highest BCUT2D eigenvalue weighted by Gasteiger charge is 2.29. The van der Waals surface area contributed by atoms with Crippen LogP contribution in [0.5, 0.6) is 5.75 Å². The van der Waals surface area contributed by atoms with Gasteiger partial charge in [0.1, 0.15) is 29.9 Å². The van der Waals surface area contributed by atoms with Gasteiger partial charge in [0.05, 0.1) is 0 Å². The van der Waals surface area contributed by atoms with Gasteiger partial charge in [0, 0.05) is 23.9 Å². The molecule has 0 radical (unpaired) electrons. The minimum absolute atomic E-state index is 0.0805. The Balaban J connectivity index is 1.97. The van der Waals surface area contributed by atoms with Crippen molar-refractivity contribution in [3.05, 3.63) is 40.4 Å². The summed E-state index contributed by atoms with van der Waals surface area (Å²) in [7, 11) is 0.